The Morgan fingerprint density at radius 2 is 1.69 bits per heavy atom. The molecule has 10 heteroatoms. The normalized spacial score (nSPS) is 11.4. The van der Waals surface area contributed by atoms with Crippen LogP contribution in [0.25, 0.3) is 10.8 Å². The molecule has 1 N–H and O–H groups in total. The van der Waals surface area contributed by atoms with Crippen LogP contribution >= 0.6 is 0 Å². The van der Waals surface area contributed by atoms with E-state index in [2.05, 4.69) is 9.84 Å². The van der Waals surface area contributed by atoms with Gasteiger partial charge in [-0.15, -0.1) is 13.2 Å². The smallest absolute Gasteiger partial charge is 0.405 e. The number of hydrogen-bond donors (Lipinski definition) is 1. The number of halogens is 3. The maximum atomic E-state index is 12.5. The molecule has 1 amide bonds. The van der Waals surface area contributed by atoms with Crippen LogP contribution in [-0.4, -0.2) is 34.0 Å². The molecular weight excluding hydrogens is 391 g/mol. The number of carbonyl (C=O) groups is 1. The number of carbonyl (C=O) groups excluding carboxylic acids is 1. The average Bonchev–Trinajstić information content (AvgIpc) is 2.66. The quantitative estimate of drug-likeness (QED) is 0.703. The fourth-order valence-corrected chi connectivity index (χ4v) is 2.82. The van der Waals surface area contributed by atoms with E-state index in [0.29, 0.717) is 0 Å². The molecule has 0 aliphatic heterocycles. The van der Waals surface area contributed by atoms with E-state index in [1.165, 1.54) is 37.4 Å². The molecule has 2 aromatic carbocycles. The number of H-pyrrole nitrogens is 1. The first kappa shape index (κ1) is 20.2. The zero-order valence-electron chi connectivity index (χ0n) is 15.2. The number of amides is 1. The number of nitrogens with one attached hydrogen (secondary N) is 1. The van der Waals surface area contributed by atoms with Gasteiger partial charge in [-0.2, -0.15) is 0 Å². The minimum Gasteiger partial charge on any atom is -0.405 e. The fraction of sp³-hybridized carbons (Fsp3) is 0.211. The van der Waals surface area contributed by atoms with Crippen molar-refractivity contribution in [3.8, 4) is 5.75 Å². The van der Waals surface area contributed by atoms with Gasteiger partial charge in [0.25, 0.3) is 11.1 Å². The van der Waals surface area contributed by atoms with Crippen LogP contribution in [0.5, 0.6) is 5.75 Å². The number of benzene rings is 2. The number of aromatic amines is 1. The zero-order chi connectivity index (χ0) is 21.2. The Hall–Kier alpha value is -3.56. The molecule has 3 rings (SSSR count). The number of alkyl halides is 3. The number of para-hydroxylation sites is 1. The molecule has 152 valence electrons. The first-order valence-electron chi connectivity index (χ1n) is 8.45. The van der Waals surface area contributed by atoms with Gasteiger partial charge in [-0.05, 0) is 18.2 Å². The predicted molar refractivity (Wildman–Crippen MR) is 98.4 cm³/mol. The Morgan fingerprint density at radius 1 is 1.07 bits per heavy atom. The first-order chi connectivity index (χ1) is 13.7. The van der Waals surface area contributed by atoms with Crippen LogP contribution in [0.1, 0.15) is 5.56 Å². The highest BCUT2D eigenvalue weighted by atomic mass is 19.4. The van der Waals surface area contributed by atoms with Crippen molar-refractivity contribution in [2.24, 2.45) is 0 Å². The lowest BCUT2D eigenvalue weighted by Gasteiger charge is -2.20. The lowest BCUT2D eigenvalue weighted by molar-refractivity contribution is -0.275. The van der Waals surface area contributed by atoms with E-state index < -0.39 is 35.7 Å². The number of likely N-dealkylation sites (N-methyl/N-ethyl adjacent to an activating group) is 1. The summed E-state index contributed by atoms with van der Waals surface area (Å²) in [6.45, 7) is -0.657. The van der Waals surface area contributed by atoms with Crippen molar-refractivity contribution >= 4 is 16.7 Å². The summed E-state index contributed by atoms with van der Waals surface area (Å²) in [5, 5.41) is 2.70. The lowest BCUT2D eigenvalue weighted by Crippen LogP contribution is -2.37. The molecule has 0 radical (unpaired) electrons. The van der Waals surface area contributed by atoms with Gasteiger partial charge in [-0.1, -0.05) is 30.3 Å². The third kappa shape index (κ3) is 4.65. The van der Waals surface area contributed by atoms with E-state index >= 15 is 0 Å². The van der Waals surface area contributed by atoms with Gasteiger partial charge in [0, 0.05) is 19.2 Å². The molecule has 0 spiro atoms. The molecule has 3 aromatic rings. The van der Waals surface area contributed by atoms with Crippen molar-refractivity contribution in [3.63, 3.8) is 0 Å². The minimum absolute atomic E-state index is 0.139. The number of fused-ring (bicyclic) bond motifs is 1. The standard InChI is InChI=1S/C19H16F3N3O4/c1-24(10-12-6-2-5-9-15(12)29-19(20,21)22)16(26)11-25-18(28)14-8-4-3-7-13(14)17(27)23-25/h2-9H,10-11H2,1H3,(H,23,27). The maximum absolute atomic E-state index is 12.5. The van der Waals surface area contributed by atoms with Crippen LogP contribution < -0.4 is 15.9 Å². The van der Waals surface area contributed by atoms with E-state index in [0.717, 1.165) is 15.6 Å². The molecule has 0 saturated heterocycles. The summed E-state index contributed by atoms with van der Waals surface area (Å²) in [5.74, 6) is -1.00. The first-order valence-corrected chi connectivity index (χ1v) is 8.45. The van der Waals surface area contributed by atoms with Crippen molar-refractivity contribution < 1.29 is 22.7 Å². The van der Waals surface area contributed by atoms with Crippen molar-refractivity contribution in [3.05, 3.63) is 74.8 Å². The molecule has 0 unspecified atom stereocenters. The lowest BCUT2D eigenvalue weighted by atomic mass is 10.2. The zero-order valence-corrected chi connectivity index (χ0v) is 15.2. The molecule has 29 heavy (non-hydrogen) atoms. The summed E-state index contributed by atoms with van der Waals surface area (Å²) in [6, 6.07) is 11.6. The van der Waals surface area contributed by atoms with Crippen molar-refractivity contribution in [2.45, 2.75) is 19.5 Å². The Balaban J connectivity index is 1.81. The van der Waals surface area contributed by atoms with Gasteiger partial charge >= 0.3 is 6.36 Å². The number of hydrogen-bond acceptors (Lipinski definition) is 4. The molecule has 0 aliphatic rings. The Bertz CT molecular complexity index is 1170. The van der Waals surface area contributed by atoms with Gasteiger partial charge in [0.2, 0.25) is 5.91 Å². The van der Waals surface area contributed by atoms with Crippen molar-refractivity contribution in [2.75, 3.05) is 7.05 Å². The summed E-state index contributed by atoms with van der Waals surface area (Å²) >= 11 is 0. The van der Waals surface area contributed by atoms with Gasteiger partial charge in [0.15, 0.2) is 0 Å². The third-order valence-corrected chi connectivity index (χ3v) is 4.21. The summed E-state index contributed by atoms with van der Waals surface area (Å²) in [7, 11) is 1.37. The SMILES string of the molecule is CN(Cc1ccccc1OC(F)(F)F)C(=O)Cn1[nH]c(=O)c2ccccc2c1=O. The van der Waals surface area contributed by atoms with Gasteiger partial charge < -0.3 is 9.64 Å². The number of rotatable bonds is 5. The number of nitrogens with zero attached hydrogens (tertiary/aromatic N) is 2. The van der Waals surface area contributed by atoms with Crippen LogP contribution in [0.3, 0.4) is 0 Å². The molecule has 1 heterocycles. The average molecular weight is 407 g/mol. The molecular formula is C19H16F3N3O4. The molecule has 0 atom stereocenters. The van der Waals surface area contributed by atoms with Gasteiger partial charge in [0.1, 0.15) is 12.3 Å². The predicted octanol–water partition coefficient (Wildman–Crippen LogP) is 2.25. The van der Waals surface area contributed by atoms with E-state index in [1.54, 1.807) is 12.1 Å². The maximum Gasteiger partial charge on any atom is 0.573 e. The molecule has 0 saturated carbocycles. The fourth-order valence-electron chi connectivity index (χ4n) is 2.82. The van der Waals surface area contributed by atoms with Gasteiger partial charge in [-0.3, -0.25) is 19.5 Å². The second kappa shape index (κ2) is 7.82. The summed E-state index contributed by atoms with van der Waals surface area (Å²) in [5.41, 5.74) is -0.942. The molecule has 7 nitrogen and oxygen atoms in total. The highest BCUT2D eigenvalue weighted by Gasteiger charge is 2.32. The highest BCUT2D eigenvalue weighted by molar-refractivity contribution is 5.81. The second-order valence-corrected chi connectivity index (χ2v) is 6.28. The van der Waals surface area contributed by atoms with Crippen molar-refractivity contribution in [1.29, 1.82) is 0 Å². The van der Waals surface area contributed by atoms with Crippen LogP contribution in [0, 0.1) is 0 Å². The van der Waals surface area contributed by atoms with Crippen LogP contribution in [0.2, 0.25) is 0 Å². The summed E-state index contributed by atoms with van der Waals surface area (Å²) in [6.07, 6.45) is -4.86. The Kier molecular flexibility index (Phi) is 5.44. The third-order valence-electron chi connectivity index (χ3n) is 4.21. The highest BCUT2D eigenvalue weighted by Crippen LogP contribution is 2.26. The van der Waals surface area contributed by atoms with E-state index in [4.69, 9.17) is 0 Å². The van der Waals surface area contributed by atoms with Gasteiger partial charge in [0.05, 0.1) is 10.8 Å². The Morgan fingerprint density at radius 3 is 2.38 bits per heavy atom. The molecule has 0 fully saturated rings. The van der Waals surface area contributed by atoms with Gasteiger partial charge in [-0.25, -0.2) is 4.68 Å². The molecule has 0 bridgehead atoms. The van der Waals surface area contributed by atoms with E-state index in [9.17, 15) is 27.6 Å². The van der Waals surface area contributed by atoms with E-state index in [1.807, 2.05) is 0 Å². The Labute approximate surface area is 161 Å². The number of aromatic nitrogens is 2. The minimum atomic E-state index is -4.86. The molecule has 0 aliphatic carbocycles. The van der Waals surface area contributed by atoms with Crippen LogP contribution in [0.15, 0.2) is 58.1 Å². The van der Waals surface area contributed by atoms with Crippen LogP contribution in [0.4, 0.5) is 13.2 Å². The second-order valence-electron chi connectivity index (χ2n) is 6.28. The monoisotopic (exact) mass is 407 g/mol. The number of ether oxygens (including phenoxy) is 1. The summed E-state index contributed by atoms with van der Waals surface area (Å²) in [4.78, 5) is 38.2. The summed E-state index contributed by atoms with van der Waals surface area (Å²) < 4.78 is 42.5. The largest absolute Gasteiger partial charge is 0.573 e. The van der Waals surface area contributed by atoms with Crippen LogP contribution in [-0.2, 0) is 17.9 Å². The van der Waals surface area contributed by atoms with Crippen molar-refractivity contribution in [1.82, 2.24) is 14.7 Å². The topological polar surface area (TPSA) is 84.4 Å². The molecule has 1 aromatic heterocycles. The van der Waals surface area contributed by atoms with E-state index in [-0.39, 0.29) is 22.9 Å².